The number of rotatable bonds is 7. The Balaban J connectivity index is 1.53. The number of aldehydes is 1. The molecule has 3 aromatic rings. The van der Waals surface area contributed by atoms with E-state index in [0.717, 1.165) is 30.5 Å². The van der Waals surface area contributed by atoms with E-state index in [1.54, 1.807) is 42.5 Å². The molecule has 2 aromatic carbocycles. The third kappa shape index (κ3) is 4.75. The van der Waals surface area contributed by atoms with Gasteiger partial charge in [0.05, 0.1) is 11.2 Å². The smallest absolute Gasteiger partial charge is 0.194 e. The van der Waals surface area contributed by atoms with Crippen molar-refractivity contribution in [1.82, 2.24) is 4.98 Å². The summed E-state index contributed by atoms with van der Waals surface area (Å²) in [6.07, 6.45) is 3.12. The Morgan fingerprint density at radius 2 is 2.06 bits per heavy atom. The molecule has 1 aromatic heterocycles. The van der Waals surface area contributed by atoms with Crippen LogP contribution in [0.2, 0.25) is 5.02 Å². The summed E-state index contributed by atoms with van der Waals surface area (Å²) >= 11 is 6.18. The van der Waals surface area contributed by atoms with Gasteiger partial charge in [-0.15, -0.1) is 0 Å². The molecule has 0 aliphatic carbocycles. The summed E-state index contributed by atoms with van der Waals surface area (Å²) in [4.78, 5) is 30.4. The van der Waals surface area contributed by atoms with E-state index in [-0.39, 0.29) is 24.1 Å². The van der Waals surface area contributed by atoms with Gasteiger partial charge in [0.15, 0.2) is 5.78 Å². The van der Waals surface area contributed by atoms with E-state index in [4.69, 9.17) is 11.6 Å². The van der Waals surface area contributed by atoms with Gasteiger partial charge in [-0.2, -0.15) is 0 Å². The highest BCUT2D eigenvalue weighted by Crippen LogP contribution is 2.29. The molecular formula is C24H21ClFN3O2. The lowest BCUT2D eigenvalue weighted by molar-refractivity contribution is -0.107. The van der Waals surface area contributed by atoms with Crippen molar-refractivity contribution in [2.24, 2.45) is 0 Å². The Morgan fingerprint density at radius 1 is 1.23 bits per heavy atom. The molecule has 1 N–H and O–H groups in total. The molecular weight excluding hydrogens is 417 g/mol. The van der Waals surface area contributed by atoms with E-state index in [9.17, 15) is 14.0 Å². The van der Waals surface area contributed by atoms with Gasteiger partial charge in [0, 0.05) is 42.4 Å². The second kappa shape index (κ2) is 9.27. The lowest BCUT2D eigenvalue weighted by atomic mass is 9.98. The van der Waals surface area contributed by atoms with Crippen LogP contribution in [-0.4, -0.2) is 36.2 Å². The Bertz CT molecular complexity index is 1100. The lowest BCUT2D eigenvalue weighted by Gasteiger charge is -2.22. The van der Waals surface area contributed by atoms with Crippen LogP contribution in [0.4, 0.5) is 15.9 Å². The summed E-state index contributed by atoms with van der Waals surface area (Å²) in [6, 6.07) is 15.5. The van der Waals surface area contributed by atoms with Crippen molar-refractivity contribution in [2.75, 3.05) is 23.3 Å². The van der Waals surface area contributed by atoms with Crippen LogP contribution in [0.15, 0.2) is 60.8 Å². The molecule has 0 saturated carbocycles. The topological polar surface area (TPSA) is 62.3 Å². The van der Waals surface area contributed by atoms with Crippen LogP contribution in [-0.2, 0) is 11.2 Å². The zero-order valence-corrected chi connectivity index (χ0v) is 17.5. The Hall–Kier alpha value is -3.25. The van der Waals surface area contributed by atoms with Gasteiger partial charge in [0.1, 0.15) is 17.9 Å². The summed E-state index contributed by atoms with van der Waals surface area (Å²) in [5.74, 6) is 0.0817. The van der Waals surface area contributed by atoms with E-state index in [2.05, 4.69) is 15.2 Å². The average Bonchev–Trinajstić information content (AvgIpc) is 3.24. The third-order valence-corrected chi connectivity index (χ3v) is 5.70. The third-order valence-electron chi connectivity index (χ3n) is 5.37. The normalized spacial score (nSPS) is 15.7. The van der Waals surface area contributed by atoms with Crippen molar-refractivity contribution in [1.29, 1.82) is 0 Å². The van der Waals surface area contributed by atoms with Crippen molar-refractivity contribution in [2.45, 2.75) is 18.9 Å². The minimum atomic E-state index is -0.372. The number of nitrogens with one attached hydrogen (secondary N) is 1. The minimum absolute atomic E-state index is 0.145. The van der Waals surface area contributed by atoms with Crippen molar-refractivity contribution < 1.29 is 14.0 Å². The maximum absolute atomic E-state index is 13.1. The highest BCUT2D eigenvalue weighted by molar-refractivity contribution is 6.35. The van der Waals surface area contributed by atoms with Crippen molar-refractivity contribution in [3.05, 3.63) is 88.3 Å². The number of carbonyl (C=O) groups excluding carboxylic acids is 2. The minimum Gasteiger partial charge on any atom is -0.369 e. The molecule has 1 aliphatic heterocycles. The number of benzene rings is 2. The molecule has 4 rings (SSSR count). The SMILES string of the molecule is O=CCc1cc(C(=O)c2ccccc2Cl)ccc1N1CCC(Nc2ccc(F)cn2)C1. The number of ketones is 1. The van der Waals surface area contributed by atoms with Crippen molar-refractivity contribution >= 4 is 35.2 Å². The average molecular weight is 438 g/mol. The number of carbonyl (C=O) groups is 2. The Kier molecular flexibility index (Phi) is 6.28. The lowest BCUT2D eigenvalue weighted by Crippen LogP contribution is -2.27. The van der Waals surface area contributed by atoms with Crippen LogP contribution in [0.5, 0.6) is 0 Å². The van der Waals surface area contributed by atoms with Gasteiger partial charge in [0.2, 0.25) is 0 Å². The van der Waals surface area contributed by atoms with E-state index in [1.807, 2.05) is 6.07 Å². The molecule has 5 nitrogen and oxygen atoms in total. The fourth-order valence-electron chi connectivity index (χ4n) is 3.86. The predicted molar refractivity (Wildman–Crippen MR) is 120 cm³/mol. The summed E-state index contributed by atoms with van der Waals surface area (Å²) < 4.78 is 13.1. The molecule has 0 bridgehead atoms. The first-order valence-electron chi connectivity index (χ1n) is 10.0. The summed E-state index contributed by atoms with van der Waals surface area (Å²) in [6.45, 7) is 1.51. The molecule has 1 unspecified atom stereocenters. The molecule has 1 atom stereocenters. The standard InChI is InChI=1S/C24H21ClFN3O2/c25-21-4-2-1-3-20(21)24(31)17-5-7-22(16(13-17)10-12-30)29-11-9-19(15-29)28-23-8-6-18(26)14-27-23/h1-8,12-14,19H,9-11,15H2,(H,27,28). The van der Waals surface area contributed by atoms with E-state index in [0.29, 0.717) is 28.5 Å². The van der Waals surface area contributed by atoms with Gasteiger partial charge in [0.25, 0.3) is 0 Å². The zero-order chi connectivity index (χ0) is 21.8. The summed E-state index contributed by atoms with van der Waals surface area (Å²) in [5.41, 5.74) is 2.66. The first-order valence-corrected chi connectivity index (χ1v) is 10.4. The largest absolute Gasteiger partial charge is 0.369 e. The highest BCUT2D eigenvalue weighted by Gasteiger charge is 2.25. The highest BCUT2D eigenvalue weighted by atomic mass is 35.5. The fourth-order valence-corrected chi connectivity index (χ4v) is 4.08. The number of halogens is 2. The first-order chi connectivity index (χ1) is 15.0. The molecule has 1 aliphatic rings. The van der Waals surface area contributed by atoms with Crippen LogP contribution >= 0.6 is 11.6 Å². The maximum atomic E-state index is 13.1. The van der Waals surface area contributed by atoms with Gasteiger partial charge in [-0.1, -0.05) is 23.7 Å². The van der Waals surface area contributed by atoms with Crippen molar-refractivity contribution in [3.8, 4) is 0 Å². The van der Waals surface area contributed by atoms with Gasteiger partial charge >= 0.3 is 0 Å². The van der Waals surface area contributed by atoms with Gasteiger partial charge in [-0.25, -0.2) is 9.37 Å². The second-order valence-electron chi connectivity index (χ2n) is 7.46. The Morgan fingerprint density at radius 3 is 2.81 bits per heavy atom. The van der Waals surface area contributed by atoms with Gasteiger partial charge in [-0.3, -0.25) is 4.79 Å². The number of nitrogens with zero attached hydrogens (tertiary/aromatic N) is 2. The monoisotopic (exact) mass is 437 g/mol. The van der Waals surface area contributed by atoms with Crippen LogP contribution in [0.3, 0.4) is 0 Å². The Labute approximate surface area is 184 Å². The van der Waals surface area contributed by atoms with Crippen molar-refractivity contribution in [3.63, 3.8) is 0 Å². The molecule has 0 amide bonds. The number of pyridine rings is 1. The maximum Gasteiger partial charge on any atom is 0.194 e. The molecule has 0 spiro atoms. The van der Waals surface area contributed by atoms with E-state index >= 15 is 0 Å². The molecule has 2 heterocycles. The first kappa shape index (κ1) is 21.0. The van der Waals surface area contributed by atoms with Gasteiger partial charge in [-0.05, 0) is 54.4 Å². The fraction of sp³-hybridized carbons (Fsp3) is 0.208. The number of hydrogen-bond acceptors (Lipinski definition) is 5. The van der Waals surface area contributed by atoms with E-state index < -0.39 is 0 Å². The zero-order valence-electron chi connectivity index (χ0n) is 16.7. The molecule has 1 saturated heterocycles. The van der Waals surface area contributed by atoms with E-state index in [1.165, 1.54) is 12.3 Å². The number of hydrogen-bond donors (Lipinski definition) is 1. The molecule has 31 heavy (non-hydrogen) atoms. The number of anilines is 2. The van der Waals surface area contributed by atoms with Crippen LogP contribution in [0, 0.1) is 5.82 Å². The summed E-state index contributed by atoms with van der Waals surface area (Å²) in [7, 11) is 0. The molecule has 7 heteroatoms. The predicted octanol–water partition coefficient (Wildman–Crippen LogP) is 4.54. The van der Waals surface area contributed by atoms with Gasteiger partial charge < -0.3 is 15.0 Å². The van der Waals surface area contributed by atoms with Crippen LogP contribution in [0.1, 0.15) is 27.9 Å². The molecule has 0 radical (unpaired) electrons. The quantitative estimate of drug-likeness (QED) is 0.434. The second-order valence-corrected chi connectivity index (χ2v) is 7.87. The van der Waals surface area contributed by atoms with Crippen LogP contribution < -0.4 is 10.2 Å². The number of aromatic nitrogens is 1. The molecule has 1 fully saturated rings. The molecule has 158 valence electrons. The summed E-state index contributed by atoms with van der Waals surface area (Å²) in [5, 5.41) is 3.72. The van der Waals surface area contributed by atoms with Crippen LogP contribution in [0.25, 0.3) is 0 Å².